The van der Waals surface area contributed by atoms with Crippen LogP contribution >= 0.6 is 0 Å². The summed E-state index contributed by atoms with van der Waals surface area (Å²) in [7, 11) is 0. The average molecular weight is 285 g/mol. The number of Topliss-reactive ketones (excluding diaryl/α,β-unsaturated/α-hetero) is 1. The number of unbranched alkanes of at least 4 members (excludes halogenated alkanes) is 1. The van der Waals surface area contributed by atoms with E-state index in [-0.39, 0.29) is 11.7 Å². The first-order chi connectivity index (χ1) is 10.2. The molecule has 0 saturated carbocycles. The highest BCUT2D eigenvalue weighted by Gasteiger charge is 2.36. The first-order valence-electron chi connectivity index (χ1n) is 7.48. The summed E-state index contributed by atoms with van der Waals surface area (Å²) in [5, 5.41) is 2.86. The molecule has 1 aromatic heterocycles. The van der Waals surface area contributed by atoms with Crippen molar-refractivity contribution < 1.29 is 9.59 Å². The van der Waals surface area contributed by atoms with Crippen molar-refractivity contribution in [3.63, 3.8) is 0 Å². The van der Waals surface area contributed by atoms with Gasteiger partial charge in [-0.05, 0) is 18.6 Å². The zero-order valence-electron chi connectivity index (χ0n) is 12.1. The predicted molar refractivity (Wildman–Crippen MR) is 80.0 cm³/mol. The molecule has 21 heavy (non-hydrogen) atoms. The zero-order valence-corrected chi connectivity index (χ0v) is 12.1. The van der Waals surface area contributed by atoms with Gasteiger partial charge in [-0.25, -0.2) is 4.98 Å². The number of aromatic nitrogens is 2. The van der Waals surface area contributed by atoms with Crippen LogP contribution in [-0.2, 0) is 16.1 Å². The number of hydrogen-bond donors (Lipinski definition) is 1. The predicted octanol–water partition coefficient (Wildman–Crippen LogP) is 2.01. The number of carbonyl (C=O) groups is 2. The van der Waals surface area contributed by atoms with Crippen LogP contribution in [0.2, 0.25) is 0 Å². The number of aryl methyl sites for hydroxylation is 1. The smallest absolute Gasteiger partial charge is 0.238 e. The lowest BCUT2D eigenvalue weighted by Crippen LogP contribution is -2.38. The van der Waals surface area contributed by atoms with E-state index in [4.69, 9.17) is 0 Å². The molecule has 1 N–H and O–H groups in total. The third-order valence-electron chi connectivity index (χ3n) is 3.94. The Hall–Kier alpha value is -2.17. The number of benzene rings is 1. The Balaban J connectivity index is 1.95. The molecule has 0 fully saturated rings. The minimum absolute atomic E-state index is 0.0354. The van der Waals surface area contributed by atoms with Gasteiger partial charge in [0.05, 0.1) is 11.0 Å². The molecule has 1 aromatic carbocycles. The third-order valence-corrected chi connectivity index (χ3v) is 3.94. The quantitative estimate of drug-likeness (QED) is 0.690. The maximum Gasteiger partial charge on any atom is 0.238 e. The van der Waals surface area contributed by atoms with Gasteiger partial charge in [0, 0.05) is 19.5 Å². The maximum absolute atomic E-state index is 12.3. The number of para-hydroxylation sites is 2. The highest BCUT2D eigenvalue weighted by molar-refractivity contribution is 6.07. The lowest BCUT2D eigenvalue weighted by Gasteiger charge is -2.22. The molecule has 1 amide bonds. The van der Waals surface area contributed by atoms with Crippen LogP contribution in [0.25, 0.3) is 11.0 Å². The molecular weight excluding hydrogens is 266 g/mol. The highest BCUT2D eigenvalue weighted by Crippen LogP contribution is 2.28. The monoisotopic (exact) mass is 285 g/mol. The number of hydrogen-bond acceptors (Lipinski definition) is 3. The molecule has 2 aromatic rings. The second-order valence-electron chi connectivity index (χ2n) is 5.40. The number of fused-ring (bicyclic) bond motifs is 3. The fraction of sp³-hybridized carbons (Fsp3) is 0.438. The number of nitrogens with one attached hydrogen (secondary N) is 1. The van der Waals surface area contributed by atoms with Crippen LogP contribution in [0, 0.1) is 0 Å². The van der Waals surface area contributed by atoms with Gasteiger partial charge >= 0.3 is 0 Å². The van der Waals surface area contributed by atoms with Crippen molar-refractivity contribution in [2.45, 2.75) is 38.6 Å². The SMILES string of the molecule is CCCCNC(=O)C1C(=O)CCn2c1nc1ccccc12. The number of amides is 1. The largest absolute Gasteiger partial charge is 0.355 e. The van der Waals surface area contributed by atoms with Gasteiger partial charge in [-0.3, -0.25) is 9.59 Å². The van der Waals surface area contributed by atoms with E-state index >= 15 is 0 Å². The Morgan fingerprint density at radius 1 is 1.43 bits per heavy atom. The average Bonchev–Trinajstić information content (AvgIpc) is 2.85. The fourth-order valence-corrected chi connectivity index (χ4v) is 2.81. The molecule has 1 aliphatic rings. The Bertz CT molecular complexity index is 690. The molecule has 5 nitrogen and oxygen atoms in total. The van der Waals surface area contributed by atoms with E-state index in [1.54, 1.807) is 0 Å². The van der Waals surface area contributed by atoms with Gasteiger partial charge in [-0.15, -0.1) is 0 Å². The summed E-state index contributed by atoms with van der Waals surface area (Å²) >= 11 is 0. The zero-order chi connectivity index (χ0) is 14.8. The van der Waals surface area contributed by atoms with Crippen molar-refractivity contribution >= 4 is 22.7 Å². The summed E-state index contributed by atoms with van der Waals surface area (Å²) in [6.45, 7) is 3.28. The number of imidazole rings is 1. The highest BCUT2D eigenvalue weighted by atomic mass is 16.2. The van der Waals surface area contributed by atoms with Crippen molar-refractivity contribution in [2.24, 2.45) is 0 Å². The molecular formula is C16H19N3O2. The Labute approximate surface area is 123 Å². The van der Waals surface area contributed by atoms with Gasteiger partial charge < -0.3 is 9.88 Å². The normalized spacial score (nSPS) is 17.8. The minimum Gasteiger partial charge on any atom is -0.355 e. The number of nitrogens with zero attached hydrogens (tertiary/aromatic N) is 2. The standard InChI is InChI=1S/C16H19N3O2/c1-2-3-9-17-16(21)14-13(20)8-10-19-12-7-5-4-6-11(12)18-15(14)19/h4-7,14H,2-3,8-10H2,1H3,(H,17,21). The summed E-state index contributed by atoms with van der Waals surface area (Å²) in [5.41, 5.74) is 1.83. The van der Waals surface area contributed by atoms with Gasteiger partial charge in [0.1, 0.15) is 5.82 Å². The van der Waals surface area contributed by atoms with E-state index in [1.807, 2.05) is 28.8 Å². The third kappa shape index (κ3) is 2.44. The molecule has 0 radical (unpaired) electrons. The second kappa shape index (κ2) is 5.68. The maximum atomic E-state index is 12.3. The van der Waals surface area contributed by atoms with Crippen molar-refractivity contribution in [3.05, 3.63) is 30.1 Å². The number of carbonyl (C=O) groups excluding carboxylic acids is 2. The van der Waals surface area contributed by atoms with E-state index < -0.39 is 5.92 Å². The van der Waals surface area contributed by atoms with E-state index in [1.165, 1.54) is 0 Å². The molecule has 0 saturated heterocycles. The number of rotatable bonds is 4. The van der Waals surface area contributed by atoms with Crippen molar-refractivity contribution in [1.29, 1.82) is 0 Å². The molecule has 2 heterocycles. The van der Waals surface area contributed by atoms with Crippen LogP contribution in [0.5, 0.6) is 0 Å². The Morgan fingerprint density at radius 3 is 3.05 bits per heavy atom. The van der Waals surface area contributed by atoms with Crippen LogP contribution < -0.4 is 5.32 Å². The van der Waals surface area contributed by atoms with E-state index in [9.17, 15) is 9.59 Å². The molecule has 5 heteroatoms. The van der Waals surface area contributed by atoms with Gasteiger partial charge in [-0.1, -0.05) is 25.5 Å². The van der Waals surface area contributed by atoms with Crippen LogP contribution in [0.1, 0.15) is 37.9 Å². The van der Waals surface area contributed by atoms with Crippen LogP contribution in [0.4, 0.5) is 0 Å². The van der Waals surface area contributed by atoms with Gasteiger partial charge in [0.2, 0.25) is 5.91 Å². The van der Waals surface area contributed by atoms with Crippen LogP contribution in [0.3, 0.4) is 0 Å². The van der Waals surface area contributed by atoms with Gasteiger partial charge in [-0.2, -0.15) is 0 Å². The lowest BCUT2D eigenvalue weighted by atomic mass is 9.96. The fourth-order valence-electron chi connectivity index (χ4n) is 2.81. The van der Waals surface area contributed by atoms with Gasteiger partial charge in [0.25, 0.3) is 0 Å². The topological polar surface area (TPSA) is 64.0 Å². The first kappa shape index (κ1) is 13.8. The van der Waals surface area contributed by atoms with Crippen molar-refractivity contribution in [1.82, 2.24) is 14.9 Å². The summed E-state index contributed by atoms with van der Waals surface area (Å²) in [4.78, 5) is 29.0. The summed E-state index contributed by atoms with van der Waals surface area (Å²) in [6.07, 6.45) is 2.32. The van der Waals surface area contributed by atoms with Crippen LogP contribution in [-0.4, -0.2) is 27.8 Å². The molecule has 1 unspecified atom stereocenters. The van der Waals surface area contributed by atoms with E-state index in [0.29, 0.717) is 25.3 Å². The van der Waals surface area contributed by atoms with Crippen molar-refractivity contribution in [2.75, 3.05) is 6.54 Å². The molecule has 110 valence electrons. The molecule has 1 aliphatic heterocycles. The van der Waals surface area contributed by atoms with Gasteiger partial charge in [0.15, 0.2) is 11.7 Å². The molecule has 3 rings (SSSR count). The lowest BCUT2D eigenvalue weighted by molar-refractivity contribution is -0.131. The van der Waals surface area contributed by atoms with E-state index in [0.717, 1.165) is 23.9 Å². The first-order valence-corrected chi connectivity index (χ1v) is 7.48. The van der Waals surface area contributed by atoms with Crippen molar-refractivity contribution in [3.8, 4) is 0 Å². The number of ketones is 1. The summed E-state index contributed by atoms with van der Waals surface area (Å²) < 4.78 is 2.00. The van der Waals surface area contributed by atoms with Crippen LogP contribution in [0.15, 0.2) is 24.3 Å². The Morgan fingerprint density at radius 2 is 2.24 bits per heavy atom. The summed E-state index contributed by atoms with van der Waals surface area (Å²) in [5.74, 6) is -0.430. The second-order valence-corrected chi connectivity index (χ2v) is 5.40. The minimum atomic E-state index is -0.761. The molecule has 0 bridgehead atoms. The van der Waals surface area contributed by atoms with E-state index in [2.05, 4.69) is 17.2 Å². The summed E-state index contributed by atoms with van der Waals surface area (Å²) in [6, 6.07) is 7.76. The Kier molecular flexibility index (Phi) is 3.73. The molecule has 1 atom stereocenters. The molecule has 0 spiro atoms. The molecule has 0 aliphatic carbocycles.